The molecule has 1 aliphatic rings. The van der Waals surface area contributed by atoms with Gasteiger partial charge in [0.1, 0.15) is 0 Å². The number of aromatic nitrogens is 2. The van der Waals surface area contributed by atoms with Gasteiger partial charge in [0, 0.05) is 13.0 Å². The Labute approximate surface area is 115 Å². The third kappa shape index (κ3) is 4.58. The third-order valence-electron chi connectivity index (χ3n) is 3.63. The monoisotopic (exact) mass is 266 g/mol. The largest absolute Gasteiger partial charge is 0.424 e. The van der Waals surface area contributed by atoms with E-state index >= 15 is 0 Å². The minimum Gasteiger partial charge on any atom is -0.424 e. The highest BCUT2D eigenvalue weighted by molar-refractivity contribution is 4.82. The Kier molecular flexibility index (Phi) is 5.79. The second-order valence-corrected chi connectivity index (χ2v) is 5.39. The van der Waals surface area contributed by atoms with Crippen LogP contribution in [0.3, 0.4) is 0 Å². The van der Waals surface area contributed by atoms with E-state index in [4.69, 9.17) is 4.42 Å². The van der Waals surface area contributed by atoms with Crippen LogP contribution in [0, 0.1) is 5.92 Å². The lowest BCUT2D eigenvalue weighted by molar-refractivity contribution is 0.185. The molecular weight excluding hydrogens is 240 g/mol. The fourth-order valence-corrected chi connectivity index (χ4v) is 2.68. The Morgan fingerprint density at radius 2 is 2.16 bits per heavy atom. The highest BCUT2D eigenvalue weighted by Gasteiger charge is 2.18. The van der Waals surface area contributed by atoms with Crippen molar-refractivity contribution in [2.24, 2.45) is 5.92 Å². The maximum Gasteiger partial charge on any atom is 0.230 e. The number of hydrogen-bond acceptors (Lipinski definition) is 5. The number of hydrogen-bond donors (Lipinski definition) is 1. The van der Waals surface area contributed by atoms with Crippen LogP contribution in [0.15, 0.2) is 4.42 Å². The van der Waals surface area contributed by atoms with E-state index in [-0.39, 0.29) is 0 Å². The topological polar surface area (TPSA) is 54.2 Å². The van der Waals surface area contributed by atoms with Gasteiger partial charge in [0.05, 0.1) is 6.54 Å². The van der Waals surface area contributed by atoms with E-state index in [0.29, 0.717) is 0 Å². The van der Waals surface area contributed by atoms with Gasteiger partial charge in [0.15, 0.2) is 0 Å². The second-order valence-electron chi connectivity index (χ2n) is 5.39. The zero-order valence-electron chi connectivity index (χ0n) is 12.2. The molecule has 0 saturated carbocycles. The fourth-order valence-electron chi connectivity index (χ4n) is 2.68. The number of rotatable bonds is 7. The van der Waals surface area contributed by atoms with Crippen molar-refractivity contribution in [1.82, 2.24) is 20.4 Å². The van der Waals surface area contributed by atoms with Gasteiger partial charge in [-0.05, 0) is 44.8 Å². The summed E-state index contributed by atoms with van der Waals surface area (Å²) in [5.74, 6) is 2.26. The molecule has 2 rings (SSSR count). The molecule has 1 fully saturated rings. The summed E-state index contributed by atoms with van der Waals surface area (Å²) in [4.78, 5) is 2.45. The van der Waals surface area contributed by atoms with Crippen molar-refractivity contribution in [3.05, 3.63) is 11.8 Å². The maximum atomic E-state index is 5.62. The second kappa shape index (κ2) is 7.60. The molecule has 0 amide bonds. The van der Waals surface area contributed by atoms with Crippen LogP contribution in [0.25, 0.3) is 0 Å². The molecule has 0 aliphatic carbocycles. The standard InChI is InChI=1S/C14H26N4O/c1-3-8-18(10-12-6-5-7-15-9-12)11-14-17-16-13(4-2)19-14/h12,15H,3-11H2,1-2H3. The number of nitrogens with zero attached hydrogens (tertiary/aromatic N) is 3. The summed E-state index contributed by atoms with van der Waals surface area (Å²) in [7, 11) is 0. The van der Waals surface area contributed by atoms with Crippen molar-refractivity contribution in [2.45, 2.75) is 46.1 Å². The molecule has 1 saturated heterocycles. The van der Waals surface area contributed by atoms with E-state index < -0.39 is 0 Å². The van der Waals surface area contributed by atoms with Gasteiger partial charge in [0.2, 0.25) is 11.8 Å². The Morgan fingerprint density at radius 1 is 1.32 bits per heavy atom. The van der Waals surface area contributed by atoms with Crippen molar-refractivity contribution in [2.75, 3.05) is 26.2 Å². The van der Waals surface area contributed by atoms with Gasteiger partial charge in [-0.25, -0.2) is 0 Å². The van der Waals surface area contributed by atoms with Crippen LogP contribution >= 0.6 is 0 Å². The molecular formula is C14H26N4O. The molecule has 0 spiro atoms. The van der Waals surface area contributed by atoms with Crippen LogP contribution in [0.1, 0.15) is 44.9 Å². The lowest BCUT2D eigenvalue weighted by Crippen LogP contribution is -2.38. The molecule has 1 aromatic heterocycles. The molecule has 5 heteroatoms. The summed E-state index contributed by atoms with van der Waals surface area (Å²) < 4.78 is 5.62. The Balaban J connectivity index is 1.87. The molecule has 2 heterocycles. The van der Waals surface area contributed by atoms with Crippen LogP contribution in [-0.4, -0.2) is 41.3 Å². The first-order valence-electron chi connectivity index (χ1n) is 7.56. The molecule has 0 radical (unpaired) electrons. The summed E-state index contributed by atoms with van der Waals surface area (Å²) in [6.45, 7) is 9.59. The van der Waals surface area contributed by atoms with Gasteiger partial charge in [-0.2, -0.15) is 0 Å². The molecule has 1 atom stereocenters. The Morgan fingerprint density at radius 3 is 2.79 bits per heavy atom. The zero-order chi connectivity index (χ0) is 13.5. The van der Waals surface area contributed by atoms with Gasteiger partial charge >= 0.3 is 0 Å². The van der Waals surface area contributed by atoms with Gasteiger partial charge < -0.3 is 9.73 Å². The van der Waals surface area contributed by atoms with Crippen LogP contribution in [-0.2, 0) is 13.0 Å². The molecule has 0 aromatic carbocycles. The smallest absolute Gasteiger partial charge is 0.230 e. The first-order chi connectivity index (χ1) is 9.31. The molecule has 1 N–H and O–H groups in total. The lowest BCUT2D eigenvalue weighted by atomic mass is 9.99. The lowest BCUT2D eigenvalue weighted by Gasteiger charge is -2.29. The molecule has 1 aliphatic heterocycles. The van der Waals surface area contributed by atoms with E-state index in [0.717, 1.165) is 56.7 Å². The predicted octanol–water partition coefficient (Wildman–Crippen LogP) is 1.84. The SMILES string of the molecule is CCCN(Cc1nnc(CC)o1)CC1CCCNC1. The van der Waals surface area contributed by atoms with E-state index in [2.05, 4.69) is 27.3 Å². The van der Waals surface area contributed by atoms with Crippen LogP contribution in [0.5, 0.6) is 0 Å². The van der Waals surface area contributed by atoms with Gasteiger partial charge in [-0.1, -0.05) is 13.8 Å². The number of aryl methyl sites for hydroxylation is 1. The molecule has 0 bridgehead atoms. The Hall–Kier alpha value is -0.940. The summed E-state index contributed by atoms with van der Waals surface area (Å²) >= 11 is 0. The zero-order valence-corrected chi connectivity index (χ0v) is 12.2. The van der Waals surface area contributed by atoms with Crippen molar-refractivity contribution in [3.63, 3.8) is 0 Å². The summed E-state index contributed by atoms with van der Waals surface area (Å²) in [6.07, 6.45) is 4.60. The van der Waals surface area contributed by atoms with Crippen LogP contribution < -0.4 is 5.32 Å². The number of nitrogens with one attached hydrogen (secondary N) is 1. The van der Waals surface area contributed by atoms with E-state index in [1.807, 2.05) is 6.92 Å². The van der Waals surface area contributed by atoms with Crippen molar-refractivity contribution >= 4 is 0 Å². The van der Waals surface area contributed by atoms with Crippen LogP contribution in [0.2, 0.25) is 0 Å². The average Bonchev–Trinajstić information content (AvgIpc) is 2.88. The van der Waals surface area contributed by atoms with Gasteiger partial charge in [0.25, 0.3) is 0 Å². The highest BCUT2D eigenvalue weighted by atomic mass is 16.4. The summed E-state index contributed by atoms with van der Waals surface area (Å²) in [5, 5.41) is 11.6. The Bertz CT molecular complexity index is 360. The molecule has 1 unspecified atom stereocenters. The van der Waals surface area contributed by atoms with E-state index in [1.54, 1.807) is 0 Å². The van der Waals surface area contributed by atoms with Gasteiger partial charge in [-0.15, -0.1) is 10.2 Å². The quantitative estimate of drug-likeness (QED) is 0.816. The van der Waals surface area contributed by atoms with Crippen LogP contribution in [0.4, 0.5) is 0 Å². The predicted molar refractivity (Wildman–Crippen MR) is 74.8 cm³/mol. The molecule has 1 aromatic rings. The fraction of sp³-hybridized carbons (Fsp3) is 0.857. The minimum absolute atomic E-state index is 0.741. The molecule has 19 heavy (non-hydrogen) atoms. The first-order valence-corrected chi connectivity index (χ1v) is 7.56. The highest BCUT2D eigenvalue weighted by Crippen LogP contribution is 2.14. The average molecular weight is 266 g/mol. The van der Waals surface area contributed by atoms with Crippen molar-refractivity contribution in [3.8, 4) is 0 Å². The minimum atomic E-state index is 0.741. The normalized spacial score (nSPS) is 20.1. The van der Waals surface area contributed by atoms with Crippen molar-refractivity contribution in [1.29, 1.82) is 0 Å². The van der Waals surface area contributed by atoms with E-state index in [9.17, 15) is 0 Å². The summed E-state index contributed by atoms with van der Waals surface area (Å²) in [6, 6.07) is 0. The molecule has 5 nitrogen and oxygen atoms in total. The third-order valence-corrected chi connectivity index (χ3v) is 3.63. The first kappa shape index (κ1) is 14.5. The summed E-state index contributed by atoms with van der Waals surface area (Å²) in [5.41, 5.74) is 0. The van der Waals surface area contributed by atoms with Gasteiger partial charge in [-0.3, -0.25) is 4.90 Å². The number of piperidine rings is 1. The maximum absolute atomic E-state index is 5.62. The van der Waals surface area contributed by atoms with E-state index in [1.165, 1.54) is 19.4 Å². The molecule has 108 valence electrons. The van der Waals surface area contributed by atoms with Crippen molar-refractivity contribution < 1.29 is 4.42 Å².